The molecule has 0 N–H and O–H groups in total. The van der Waals surface area contributed by atoms with Crippen LogP contribution in [0.2, 0.25) is 0 Å². The number of aromatic nitrogens is 23. The van der Waals surface area contributed by atoms with Crippen molar-refractivity contribution in [2.75, 3.05) is 0 Å². The van der Waals surface area contributed by atoms with Gasteiger partial charge < -0.3 is 151 Å². The fourth-order valence-corrected chi connectivity index (χ4v) is 16.8. The van der Waals surface area contributed by atoms with Crippen LogP contribution in [0.3, 0.4) is 0 Å². The first-order valence-corrected chi connectivity index (χ1v) is 43.4. The number of aryl methyl sites for hydroxylation is 9. The number of hydrogen-bond acceptors (Lipinski definition) is 20. The van der Waals surface area contributed by atoms with E-state index in [2.05, 4.69) is 139 Å². The Morgan fingerprint density at radius 2 is 0.524 bits per heavy atom. The van der Waals surface area contributed by atoms with Crippen LogP contribution in [0.1, 0.15) is 0 Å². The Kier molecular flexibility index (Phi) is 28.1. The van der Waals surface area contributed by atoms with E-state index in [1.165, 1.54) is 0 Å². The first-order valence-electron chi connectivity index (χ1n) is 43.4. The van der Waals surface area contributed by atoms with Gasteiger partial charge in [0.1, 0.15) is 0 Å². The summed E-state index contributed by atoms with van der Waals surface area (Å²) in [4.78, 5) is 33.3. The molecule has 41 heteroatoms. The summed E-state index contributed by atoms with van der Waals surface area (Å²) in [5.74, 6) is 4.19. The van der Waals surface area contributed by atoms with E-state index >= 15 is 0 Å². The Morgan fingerprint density at radius 3 is 0.741 bits per heavy atom. The third-order valence-electron chi connectivity index (χ3n) is 23.5. The van der Waals surface area contributed by atoms with Gasteiger partial charge in [0.15, 0.2) is 0 Å². The molecule has 6 aromatic carbocycles. The quantitative estimate of drug-likeness (QED) is 0.0810. The van der Waals surface area contributed by atoms with Crippen molar-refractivity contribution in [2.24, 2.45) is 63.4 Å². The molecule has 0 saturated carbocycles. The summed E-state index contributed by atoms with van der Waals surface area (Å²) in [7, 11) is 17.2. The van der Waals surface area contributed by atoms with E-state index < -0.39 is 0 Å². The molecule has 30 rings (SSSR count). The van der Waals surface area contributed by atoms with Gasteiger partial charge in [-0.25, -0.2) is 9.97 Å². The number of rotatable bonds is 12. The monoisotopic (exact) mass is 3020 g/mol. The summed E-state index contributed by atoms with van der Waals surface area (Å²) in [5.41, 5.74) is 14.3. The fourth-order valence-electron chi connectivity index (χ4n) is 16.8. The topological polar surface area (TPSA) is 332 Å². The molecule has 24 heterocycles. The van der Waals surface area contributed by atoms with E-state index in [9.17, 15) is 0 Å². The Morgan fingerprint density at radius 1 is 0.265 bits per heavy atom. The third-order valence-corrected chi connectivity index (χ3v) is 23.5. The van der Waals surface area contributed by atoms with Crippen molar-refractivity contribution in [1.29, 1.82) is 0 Å². The SMILES string of the molecule is Cn1[c-]nc(-c2occ3cc4occ(-n5[c-][n+](C)cc5)c4[c-]c23)c1.Cn1[c-]nc(-c2occ3cc4occ(-n5[c-][n+](C)cc5)c4[c-]c23)c1.Cn1[c-]nc(-c2occ3cc4occ(-n5[c-][n+](C)cc5)c4[c-]c23)c1.Cn1c[c-]c(-c2occ3cc4occ(-n5[c-]ncc5)c4[c-]c23)c1.Cn1cnc(-c2occ3cc4occ(-n5[c-]ncc5)c4[c-]c23)c1.Cn1cnc(-c2occ3cc4occ(-n5[c-]ncc5)c4[c-]c23)c1.[Pt+2].[Pt+2].[Pt].[Pt].[Pt].[Pt]. The van der Waals surface area contributed by atoms with Crippen molar-refractivity contribution >= 4 is 130 Å². The number of hydrogen-bond donors (Lipinski definition) is 0. The van der Waals surface area contributed by atoms with Crippen LogP contribution in [0.15, 0.2) is 295 Å². The van der Waals surface area contributed by atoms with Crippen LogP contribution in [0.4, 0.5) is 0 Å². The van der Waals surface area contributed by atoms with E-state index in [0.29, 0.717) is 28.8 Å². The maximum atomic E-state index is 5.74. The van der Waals surface area contributed by atoms with Gasteiger partial charge in [0.25, 0.3) is 0 Å². The van der Waals surface area contributed by atoms with Crippen LogP contribution >= 0.6 is 0 Å². The predicted molar refractivity (Wildman–Crippen MR) is 506 cm³/mol. The summed E-state index contributed by atoms with van der Waals surface area (Å²) < 4.78 is 95.8. The van der Waals surface area contributed by atoms with Gasteiger partial charge in [0.2, 0.25) is 19.0 Å². The number of nitrogens with zero attached hydrogens (tertiary/aromatic N) is 23. The van der Waals surface area contributed by atoms with E-state index in [4.69, 9.17) is 53.0 Å². The van der Waals surface area contributed by atoms with Crippen LogP contribution in [0, 0.1) is 99.4 Å². The molecule has 746 valence electrons. The molecule has 24 aromatic heterocycles. The Balaban J connectivity index is 0.000000110. The van der Waals surface area contributed by atoms with E-state index in [0.717, 1.165) is 204 Å². The van der Waals surface area contributed by atoms with Gasteiger partial charge in [-0.3, -0.25) is 0 Å². The maximum absolute atomic E-state index is 5.74. The van der Waals surface area contributed by atoms with Crippen LogP contribution in [-0.2, 0) is 190 Å². The van der Waals surface area contributed by atoms with Crippen LogP contribution in [-0.4, -0.2) is 94.7 Å². The van der Waals surface area contributed by atoms with Crippen molar-refractivity contribution in [3.05, 3.63) is 341 Å². The van der Waals surface area contributed by atoms with Gasteiger partial charge >= 0.3 is 42.1 Å². The van der Waals surface area contributed by atoms with Crippen molar-refractivity contribution in [2.45, 2.75) is 0 Å². The number of imidazole rings is 11. The average molecular weight is 3020 g/mol. The molecule has 0 aliphatic heterocycles. The summed E-state index contributed by atoms with van der Waals surface area (Å²) in [6.07, 6.45) is 85.8. The van der Waals surface area contributed by atoms with Gasteiger partial charge in [-0.2, -0.15) is 0 Å². The predicted octanol–water partition coefficient (Wildman–Crippen LogP) is 18.3. The molecule has 30 aromatic rings. The largest absolute Gasteiger partial charge is 2.00 e. The van der Waals surface area contributed by atoms with E-state index in [-0.39, 0.29) is 126 Å². The van der Waals surface area contributed by atoms with Gasteiger partial charge in [-0.05, 0) is 60.5 Å². The minimum absolute atomic E-state index is 0. The number of furan rings is 12. The molecule has 0 saturated heterocycles. The van der Waals surface area contributed by atoms with Crippen LogP contribution in [0.25, 0.3) is 233 Å². The molecule has 0 atom stereocenters. The second kappa shape index (κ2) is 41.2. The molecule has 0 radical (unpaired) electrons. The zero-order valence-electron chi connectivity index (χ0n) is 77.6. The molecule has 0 aliphatic carbocycles. The molecular weight excluding hydrogens is 2960 g/mol. The molecular formula is C106H66N23O12Pt6-9. The maximum Gasteiger partial charge on any atom is 2.00 e. The van der Waals surface area contributed by atoms with Gasteiger partial charge in [0, 0.05) is 220 Å². The molecule has 0 unspecified atom stereocenters. The summed E-state index contributed by atoms with van der Waals surface area (Å²) in [6, 6.07) is 35.4. The van der Waals surface area contributed by atoms with Gasteiger partial charge in [0.05, 0.1) is 188 Å². The van der Waals surface area contributed by atoms with Crippen LogP contribution < -0.4 is 13.7 Å². The van der Waals surface area contributed by atoms with Crippen molar-refractivity contribution in [3.63, 3.8) is 0 Å². The van der Waals surface area contributed by atoms with Crippen molar-refractivity contribution in [1.82, 2.24) is 94.7 Å². The fraction of sp³-hybridized carbons (Fsp3) is 0.0849. The molecule has 35 nitrogen and oxygen atoms in total. The minimum atomic E-state index is 0. The minimum Gasteiger partial charge on any atom is -0.518 e. The first kappa shape index (κ1) is 100. The first-order chi connectivity index (χ1) is 68.9. The smallest absolute Gasteiger partial charge is 0.518 e. The Bertz CT molecular complexity index is 8710. The van der Waals surface area contributed by atoms with E-state index in [1.54, 1.807) is 134 Å². The average Bonchev–Trinajstić information content (AvgIpc) is 1.63. The zero-order chi connectivity index (χ0) is 94.9. The second-order valence-corrected chi connectivity index (χ2v) is 33.3. The summed E-state index contributed by atoms with van der Waals surface area (Å²) in [6.45, 7) is 0. The molecule has 0 amide bonds. The Labute approximate surface area is 917 Å². The summed E-state index contributed by atoms with van der Waals surface area (Å²) in [5, 5.41) is 16.0. The number of fused-ring (bicyclic) bond motifs is 12. The normalized spacial score (nSPS) is 11.2. The third kappa shape index (κ3) is 18.8. The second-order valence-electron chi connectivity index (χ2n) is 33.3. The van der Waals surface area contributed by atoms with Crippen molar-refractivity contribution < 1.29 is 193 Å². The van der Waals surface area contributed by atoms with E-state index in [1.807, 2.05) is 240 Å². The van der Waals surface area contributed by atoms with Crippen LogP contribution in [0.5, 0.6) is 0 Å². The zero-order valence-corrected chi connectivity index (χ0v) is 91.2. The molecule has 0 spiro atoms. The van der Waals surface area contributed by atoms with Gasteiger partial charge in [-0.15, -0.1) is 66.6 Å². The molecule has 147 heavy (non-hydrogen) atoms. The molecule has 0 aliphatic rings. The standard InChI is InChI=1S/3C18H12N4O2.C18H10N3O2.2C17H10N4O2.6Pt/c3*1-20-3-4-22(11-20)16-9-23-17-5-12-8-24-18(13(12)6-14(16)17)15-7-21(2)10-19-15;1-20-4-2-12(8-20)18-14-7-15-16(21-5-3-19-11-21)10-22-17(15)6-13(14)9-23-18;2*1-20-6-14(19-10-20)17-12-5-13-15(21-3-2-18-9-21)8-22-16(13)4-11(12)7-23-17;;;;;;/h3*3-5,7-9H,1-2H3;3-6,8-10H,1H3;2*2-4,6-8,10H,1H3;;;;;;/q3*-2;-3;2*-2;;;;;2*+2. The molecule has 0 bridgehead atoms. The van der Waals surface area contributed by atoms with Crippen molar-refractivity contribution in [3.8, 4) is 103 Å². The molecule has 0 fully saturated rings. The Hall–Kier alpha value is -15.5. The van der Waals surface area contributed by atoms with Gasteiger partial charge in [-0.1, -0.05) is 168 Å². The summed E-state index contributed by atoms with van der Waals surface area (Å²) >= 11 is 0. The number of benzene rings is 6.